The number of methoxy groups -OCH3 is 1. The van der Waals surface area contributed by atoms with Crippen LogP contribution in [0.3, 0.4) is 0 Å². The maximum atomic E-state index is 10.7. The number of benzene rings is 1. The lowest BCUT2D eigenvalue weighted by molar-refractivity contribution is -0.120. The van der Waals surface area contributed by atoms with Crippen molar-refractivity contribution in [1.29, 1.82) is 0 Å². The van der Waals surface area contributed by atoms with Crippen molar-refractivity contribution in [3.05, 3.63) is 23.8 Å². The largest absolute Gasteiger partial charge is 0.495 e. The Bertz CT molecular complexity index is 456. The van der Waals surface area contributed by atoms with Crippen molar-refractivity contribution >= 4 is 12.1 Å². The molecule has 110 valence electrons. The van der Waals surface area contributed by atoms with E-state index in [0.29, 0.717) is 11.7 Å². The summed E-state index contributed by atoms with van der Waals surface area (Å²) >= 11 is 0. The fourth-order valence-electron chi connectivity index (χ4n) is 2.66. The molecule has 1 fully saturated rings. The summed E-state index contributed by atoms with van der Waals surface area (Å²) in [6, 6.07) is 6.41. The van der Waals surface area contributed by atoms with Gasteiger partial charge >= 0.3 is 0 Å². The van der Waals surface area contributed by atoms with Crippen LogP contribution in [-0.2, 0) is 11.2 Å². The topological polar surface area (TPSA) is 58.8 Å². The second-order valence-corrected chi connectivity index (χ2v) is 5.31. The van der Waals surface area contributed by atoms with E-state index in [9.17, 15) is 4.79 Å². The molecular formula is C15H23N3O2. The van der Waals surface area contributed by atoms with Crippen LogP contribution in [0.2, 0.25) is 0 Å². The summed E-state index contributed by atoms with van der Waals surface area (Å²) in [5.74, 6) is 0.723. The van der Waals surface area contributed by atoms with Gasteiger partial charge in [0, 0.05) is 32.2 Å². The van der Waals surface area contributed by atoms with Gasteiger partial charge in [-0.2, -0.15) is 0 Å². The molecule has 5 nitrogen and oxygen atoms in total. The Hall–Kier alpha value is -1.75. The van der Waals surface area contributed by atoms with Gasteiger partial charge in [-0.3, -0.25) is 9.69 Å². The molecule has 1 aromatic carbocycles. The molecule has 1 aliphatic rings. The highest BCUT2D eigenvalue weighted by molar-refractivity contribution is 5.54. The molecule has 0 aromatic heterocycles. The first-order chi connectivity index (χ1) is 9.63. The fourth-order valence-corrected chi connectivity index (χ4v) is 2.66. The molecule has 0 spiro atoms. The maximum absolute atomic E-state index is 10.7. The highest BCUT2D eigenvalue weighted by Crippen LogP contribution is 2.23. The number of carbonyl (C=O) groups excluding carboxylic acids is 1. The van der Waals surface area contributed by atoms with Gasteiger partial charge in [-0.1, -0.05) is 6.07 Å². The zero-order valence-electron chi connectivity index (χ0n) is 12.2. The summed E-state index contributed by atoms with van der Waals surface area (Å²) in [7, 11) is 1.63. The quantitative estimate of drug-likeness (QED) is 0.644. The Morgan fingerprint density at radius 3 is 2.60 bits per heavy atom. The van der Waals surface area contributed by atoms with Crippen LogP contribution in [-0.4, -0.2) is 55.5 Å². The average molecular weight is 277 g/mol. The van der Waals surface area contributed by atoms with Crippen molar-refractivity contribution in [3.8, 4) is 5.75 Å². The van der Waals surface area contributed by atoms with E-state index in [1.807, 2.05) is 17.0 Å². The van der Waals surface area contributed by atoms with Crippen LogP contribution in [0.25, 0.3) is 0 Å². The minimum absolute atomic E-state index is 0.441. The predicted octanol–water partition coefficient (Wildman–Crippen LogP) is 0.982. The van der Waals surface area contributed by atoms with Gasteiger partial charge in [-0.05, 0) is 31.0 Å². The summed E-state index contributed by atoms with van der Waals surface area (Å²) < 4.78 is 5.17. The van der Waals surface area contributed by atoms with Gasteiger partial charge in [0.15, 0.2) is 0 Å². The molecule has 0 radical (unpaired) electrons. The minimum Gasteiger partial charge on any atom is -0.495 e. The van der Waals surface area contributed by atoms with Crippen LogP contribution in [0.5, 0.6) is 5.75 Å². The summed E-state index contributed by atoms with van der Waals surface area (Å²) in [6.07, 6.45) is 1.89. The lowest BCUT2D eigenvalue weighted by Crippen LogP contribution is -2.49. The van der Waals surface area contributed by atoms with Crippen LogP contribution in [0, 0.1) is 0 Å². The van der Waals surface area contributed by atoms with E-state index >= 15 is 0 Å². The molecule has 2 rings (SSSR count). The summed E-state index contributed by atoms with van der Waals surface area (Å²) in [6.45, 7) is 5.73. The Balaban J connectivity index is 1.92. The number of nitrogen functional groups attached to an aromatic ring is 1. The van der Waals surface area contributed by atoms with Crippen molar-refractivity contribution in [3.63, 3.8) is 0 Å². The summed E-state index contributed by atoms with van der Waals surface area (Å²) in [5, 5.41) is 0. The number of carbonyl (C=O) groups is 1. The first-order valence-electron chi connectivity index (χ1n) is 7.00. The molecular weight excluding hydrogens is 254 g/mol. The van der Waals surface area contributed by atoms with Crippen LogP contribution >= 0.6 is 0 Å². The molecule has 1 atom stereocenters. The second kappa shape index (κ2) is 6.61. The van der Waals surface area contributed by atoms with Gasteiger partial charge in [-0.25, -0.2) is 0 Å². The number of anilines is 1. The van der Waals surface area contributed by atoms with E-state index in [-0.39, 0.29) is 0 Å². The third kappa shape index (κ3) is 3.42. The van der Waals surface area contributed by atoms with Crippen LogP contribution in [0.15, 0.2) is 18.2 Å². The highest BCUT2D eigenvalue weighted by Gasteiger charge is 2.20. The number of rotatable bonds is 5. The smallest absolute Gasteiger partial charge is 0.209 e. The zero-order valence-corrected chi connectivity index (χ0v) is 12.2. The molecule has 1 heterocycles. The number of piperazine rings is 1. The maximum Gasteiger partial charge on any atom is 0.209 e. The highest BCUT2D eigenvalue weighted by atomic mass is 16.5. The van der Waals surface area contributed by atoms with Gasteiger partial charge in [0.1, 0.15) is 5.75 Å². The van der Waals surface area contributed by atoms with Crippen molar-refractivity contribution in [2.45, 2.75) is 19.4 Å². The molecule has 2 N–H and O–H groups in total. The molecule has 0 saturated carbocycles. The average Bonchev–Trinajstić information content (AvgIpc) is 2.47. The van der Waals surface area contributed by atoms with Crippen molar-refractivity contribution in [1.82, 2.24) is 9.80 Å². The normalized spacial score (nSPS) is 17.8. The van der Waals surface area contributed by atoms with Gasteiger partial charge < -0.3 is 15.4 Å². The van der Waals surface area contributed by atoms with Gasteiger partial charge in [-0.15, -0.1) is 0 Å². The van der Waals surface area contributed by atoms with Crippen molar-refractivity contribution in [2.75, 3.05) is 39.0 Å². The molecule has 0 aliphatic carbocycles. The van der Waals surface area contributed by atoms with Crippen molar-refractivity contribution in [2.24, 2.45) is 0 Å². The van der Waals surface area contributed by atoms with Gasteiger partial charge in [0.05, 0.1) is 12.8 Å². The minimum atomic E-state index is 0.441. The van der Waals surface area contributed by atoms with Gasteiger partial charge in [0.25, 0.3) is 0 Å². The zero-order chi connectivity index (χ0) is 14.5. The third-order valence-corrected chi connectivity index (χ3v) is 3.95. The Morgan fingerprint density at radius 2 is 2.05 bits per heavy atom. The van der Waals surface area contributed by atoms with Crippen LogP contribution in [0.4, 0.5) is 5.69 Å². The summed E-state index contributed by atoms with van der Waals surface area (Å²) in [5.41, 5.74) is 7.84. The summed E-state index contributed by atoms with van der Waals surface area (Å²) in [4.78, 5) is 15.0. The molecule has 1 saturated heterocycles. The standard InChI is InChI=1S/C15H23N3O2/c1-12(18-7-5-17(11-19)6-8-18)9-13-3-4-15(20-2)14(16)10-13/h3-4,10-12H,5-9,16H2,1-2H3. The van der Waals surface area contributed by atoms with Crippen molar-refractivity contribution < 1.29 is 9.53 Å². The van der Waals surface area contributed by atoms with Gasteiger partial charge in [0.2, 0.25) is 6.41 Å². The number of hydrogen-bond acceptors (Lipinski definition) is 4. The van der Waals surface area contributed by atoms with E-state index in [4.69, 9.17) is 10.5 Å². The number of nitrogens with zero attached hydrogens (tertiary/aromatic N) is 2. The van der Waals surface area contributed by atoms with E-state index in [1.165, 1.54) is 5.56 Å². The SMILES string of the molecule is COc1ccc(CC(C)N2CCN(C=O)CC2)cc1N. The number of amides is 1. The molecule has 1 amide bonds. The molecule has 1 unspecified atom stereocenters. The number of ether oxygens (including phenoxy) is 1. The first-order valence-corrected chi connectivity index (χ1v) is 7.00. The Kier molecular flexibility index (Phi) is 4.84. The van der Waals surface area contributed by atoms with Crippen LogP contribution < -0.4 is 10.5 Å². The molecule has 1 aliphatic heterocycles. The third-order valence-electron chi connectivity index (χ3n) is 3.95. The van der Waals surface area contributed by atoms with E-state index in [0.717, 1.165) is 44.8 Å². The lowest BCUT2D eigenvalue weighted by Gasteiger charge is -2.36. The molecule has 20 heavy (non-hydrogen) atoms. The van der Waals surface area contributed by atoms with E-state index < -0.39 is 0 Å². The van der Waals surface area contributed by atoms with E-state index in [1.54, 1.807) is 7.11 Å². The molecule has 0 bridgehead atoms. The van der Waals surface area contributed by atoms with E-state index in [2.05, 4.69) is 17.9 Å². The lowest BCUT2D eigenvalue weighted by atomic mass is 10.0. The number of hydrogen-bond donors (Lipinski definition) is 1. The Morgan fingerprint density at radius 1 is 1.35 bits per heavy atom. The second-order valence-electron chi connectivity index (χ2n) is 5.31. The Labute approximate surface area is 120 Å². The first kappa shape index (κ1) is 14.7. The molecule has 1 aromatic rings. The fraction of sp³-hybridized carbons (Fsp3) is 0.533. The predicted molar refractivity (Wildman–Crippen MR) is 79.8 cm³/mol. The molecule has 5 heteroatoms. The monoisotopic (exact) mass is 277 g/mol. The number of nitrogens with two attached hydrogens (primary N) is 1. The van der Waals surface area contributed by atoms with Crippen LogP contribution in [0.1, 0.15) is 12.5 Å².